The molecular formula is C23H21F4N7O2S. The van der Waals surface area contributed by atoms with E-state index in [0.717, 1.165) is 30.5 Å². The van der Waals surface area contributed by atoms with Crippen molar-refractivity contribution in [2.45, 2.75) is 29.8 Å². The number of anilines is 3. The van der Waals surface area contributed by atoms with Crippen LogP contribution in [0.25, 0.3) is 5.52 Å². The Morgan fingerprint density at radius 1 is 1.03 bits per heavy atom. The van der Waals surface area contributed by atoms with E-state index in [9.17, 15) is 26.0 Å². The molecule has 3 aromatic heterocycles. The molecule has 0 amide bonds. The van der Waals surface area contributed by atoms with Gasteiger partial charge in [-0.25, -0.2) is 32.7 Å². The Kier molecular flexibility index (Phi) is 6.22. The molecule has 0 bridgehead atoms. The maximum absolute atomic E-state index is 14.6. The molecule has 0 aliphatic carbocycles. The Hall–Kier alpha value is -3.81. The minimum Gasteiger partial charge on any atom is -0.341 e. The zero-order chi connectivity index (χ0) is 26.4. The largest absolute Gasteiger partial charge is 0.419 e. The van der Waals surface area contributed by atoms with Gasteiger partial charge in [0.25, 0.3) is 0 Å². The smallest absolute Gasteiger partial charge is 0.341 e. The lowest BCUT2D eigenvalue weighted by Gasteiger charge is -2.31. The molecule has 37 heavy (non-hydrogen) atoms. The lowest BCUT2D eigenvalue weighted by atomic mass is 9.96. The summed E-state index contributed by atoms with van der Waals surface area (Å²) in [6.07, 6.45) is 4.37. The predicted molar refractivity (Wildman–Crippen MR) is 127 cm³/mol. The number of halogens is 4. The van der Waals surface area contributed by atoms with Crippen LogP contribution in [0, 0.1) is 5.82 Å². The molecule has 0 saturated carbocycles. The number of piperidine rings is 1. The number of nitrogens with one attached hydrogen (secondary N) is 1. The Bertz CT molecular complexity index is 1550. The lowest BCUT2D eigenvalue weighted by Crippen LogP contribution is -2.34. The summed E-state index contributed by atoms with van der Waals surface area (Å²) in [5.41, 5.74) is -0.211. The first-order valence-electron chi connectivity index (χ1n) is 11.2. The highest BCUT2D eigenvalue weighted by Crippen LogP contribution is 2.32. The average molecular weight is 536 g/mol. The summed E-state index contributed by atoms with van der Waals surface area (Å²) in [4.78, 5) is 18.3. The van der Waals surface area contributed by atoms with Gasteiger partial charge in [0.15, 0.2) is 15.7 Å². The highest BCUT2D eigenvalue weighted by atomic mass is 32.2. The van der Waals surface area contributed by atoms with Crippen LogP contribution in [0.5, 0.6) is 0 Å². The molecule has 0 spiro atoms. The Morgan fingerprint density at radius 2 is 1.73 bits per heavy atom. The van der Waals surface area contributed by atoms with Gasteiger partial charge in [0.2, 0.25) is 5.95 Å². The third-order valence-corrected chi connectivity index (χ3v) is 7.33. The van der Waals surface area contributed by atoms with Gasteiger partial charge >= 0.3 is 6.18 Å². The van der Waals surface area contributed by atoms with Gasteiger partial charge in [-0.05, 0) is 31.0 Å². The number of aromatic nitrogens is 5. The van der Waals surface area contributed by atoms with Crippen molar-refractivity contribution in [3.05, 3.63) is 66.4 Å². The third-order valence-electron chi connectivity index (χ3n) is 6.22. The fraction of sp³-hybridized carbons (Fsp3) is 0.304. The first-order chi connectivity index (χ1) is 17.5. The van der Waals surface area contributed by atoms with Crippen LogP contribution in [0.3, 0.4) is 0 Å². The first kappa shape index (κ1) is 24.9. The summed E-state index contributed by atoms with van der Waals surface area (Å²) in [6, 6.07) is 3.61. The molecule has 0 unspecified atom stereocenters. The van der Waals surface area contributed by atoms with Crippen molar-refractivity contribution >= 4 is 32.8 Å². The van der Waals surface area contributed by atoms with E-state index in [-0.39, 0.29) is 22.4 Å². The van der Waals surface area contributed by atoms with Crippen molar-refractivity contribution in [3.63, 3.8) is 0 Å². The third kappa shape index (κ3) is 5.05. The molecule has 1 aromatic carbocycles. The molecule has 0 radical (unpaired) electrons. The number of nitrogens with zero attached hydrogens (tertiary/aromatic N) is 6. The number of fused-ring (bicyclic) bond motifs is 1. The maximum Gasteiger partial charge on any atom is 0.419 e. The second-order valence-corrected chi connectivity index (χ2v) is 10.7. The van der Waals surface area contributed by atoms with Crippen molar-refractivity contribution < 1.29 is 26.0 Å². The molecule has 14 heteroatoms. The second-order valence-electron chi connectivity index (χ2n) is 8.72. The summed E-state index contributed by atoms with van der Waals surface area (Å²) in [5, 5.41) is 2.91. The van der Waals surface area contributed by atoms with Gasteiger partial charge in [-0.3, -0.25) is 4.40 Å². The van der Waals surface area contributed by atoms with Gasteiger partial charge in [-0.2, -0.15) is 13.2 Å². The number of alkyl halides is 3. The second kappa shape index (κ2) is 9.25. The van der Waals surface area contributed by atoms with E-state index in [2.05, 4.69) is 25.3 Å². The average Bonchev–Trinajstić information content (AvgIpc) is 3.29. The maximum atomic E-state index is 14.6. The van der Waals surface area contributed by atoms with Gasteiger partial charge < -0.3 is 10.2 Å². The van der Waals surface area contributed by atoms with Gasteiger partial charge in [0.1, 0.15) is 17.2 Å². The quantitative estimate of drug-likeness (QED) is 0.379. The Morgan fingerprint density at radius 3 is 2.35 bits per heavy atom. The number of sulfone groups is 1. The molecule has 1 saturated heterocycles. The van der Waals surface area contributed by atoms with Crippen molar-refractivity contribution in [2.75, 3.05) is 29.6 Å². The first-order valence-corrected chi connectivity index (χ1v) is 13.1. The number of hydrogen-bond donors (Lipinski definition) is 1. The van der Waals surface area contributed by atoms with Gasteiger partial charge in [0, 0.05) is 50.1 Å². The fourth-order valence-electron chi connectivity index (χ4n) is 4.27. The van der Waals surface area contributed by atoms with Crippen molar-refractivity contribution in [1.82, 2.24) is 24.3 Å². The van der Waals surface area contributed by atoms with Gasteiger partial charge in [-0.1, -0.05) is 0 Å². The van der Waals surface area contributed by atoms with Crippen LogP contribution in [0.1, 0.15) is 30.1 Å². The normalized spacial score (nSPS) is 15.3. The van der Waals surface area contributed by atoms with Crippen LogP contribution < -0.4 is 10.2 Å². The summed E-state index contributed by atoms with van der Waals surface area (Å²) >= 11 is 0. The van der Waals surface area contributed by atoms with Crippen LogP contribution in [0.15, 0.2) is 54.1 Å². The highest BCUT2D eigenvalue weighted by molar-refractivity contribution is 7.90. The van der Waals surface area contributed by atoms with Crippen molar-refractivity contribution in [3.8, 4) is 0 Å². The standard InChI is InChI=1S/C23H21F4N7O2S/c1-37(35,36)16-2-3-18(17(24)10-16)32-20-19-13-29-21(34(19)9-6-28-20)14-4-7-33(8-5-14)22-30-11-15(12-31-22)23(25,26)27/h2-3,6,9-14H,4-5,7-8H2,1H3,(H,28,32). The SMILES string of the molecule is CS(=O)(=O)c1ccc(Nc2nccn3c(C4CCN(c5ncc(C(F)(F)F)cn5)CC4)ncc23)c(F)c1. The van der Waals surface area contributed by atoms with Crippen LogP contribution in [0.4, 0.5) is 35.0 Å². The Balaban J connectivity index is 1.32. The molecule has 1 fully saturated rings. The molecule has 1 aliphatic rings. The number of hydrogen-bond acceptors (Lipinski definition) is 8. The monoisotopic (exact) mass is 535 g/mol. The van der Waals surface area contributed by atoms with E-state index in [1.807, 2.05) is 9.30 Å². The van der Waals surface area contributed by atoms with Crippen molar-refractivity contribution in [1.29, 1.82) is 0 Å². The predicted octanol–water partition coefficient (Wildman–Crippen LogP) is 4.21. The summed E-state index contributed by atoms with van der Waals surface area (Å²) in [5.74, 6) is 0.710. The molecule has 9 nitrogen and oxygen atoms in total. The number of benzene rings is 1. The number of imidazole rings is 1. The van der Waals surface area contributed by atoms with E-state index in [0.29, 0.717) is 37.3 Å². The highest BCUT2D eigenvalue weighted by Gasteiger charge is 2.32. The van der Waals surface area contributed by atoms with Crippen LogP contribution in [-0.2, 0) is 16.0 Å². The van der Waals surface area contributed by atoms with E-state index < -0.39 is 27.4 Å². The van der Waals surface area contributed by atoms with Gasteiger partial charge in [0.05, 0.1) is 22.3 Å². The molecule has 4 heterocycles. The molecule has 1 aliphatic heterocycles. The fourth-order valence-corrected chi connectivity index (χ4v) is 4.90. The van der Waals surface area contributed by atoms with Gasteiger partial charge in [-0.15, -0.1) is 0 Å². The molecule has 4 aromatic rings. The molecule has 194 valence electrons. The Labute approximate surface area is 209 Å². The molecule has 0 atom stereocenters. The van der Waals surface area contributed by atoms with E-state index in [1.165, 1.54) is 12.1 Å². The minimum absolute atomic E-state index is 0.0641. The molecule has 1 N–H and O–H groups in total. The van der Waals surface area contributed by atoms with E-state index in [4.69, 9.17) is 0 Å². The minimum atomic E-state index is -4.48. The van der Waals surface area contributed by atoms with Crippen LogP contribution in [0.2, 0.25) is 0 Å². The van der Waals surface area contributed by atoms with Crippen LogP contribution >= 0.6 is 0 Å². The lowest BCUT2D eigenvalue weighted by molar-refractivity contribution is -0.138. The summed E-state index contributed by atoms with van der Waals surface area (Å²) in [7, 11) is -3.54. The molecular weight excluding hydrogens is 514 g/mol. The van der Waals surface area contributed by atoms with Crippen LogP contribution in [-0.4, -0.2) is 52.1 Å². The van der Waals surface area contributed by atoms with E-state index in [1.54, 1.807) is 18.6 Å². The van der Waals surface area contributed by atoms with E-state index >= 15 is 0 Å². The zero-order valence-corrected chi connectivity index (χ0v) is 20.3. The zero-order valence-electron chi connectivity index (χ0n) is 19.4. The number of rotatable bonds is 5. The summed E-state index contributed by atoms with van der Waals surface area (Å²) < 4.78 is 78.1. The topological polar surface area (TPSA) is 105 Å². The molecule has 5 rings (SSSR count). The van der Waals surface area contributed by atoms with Crippen molar-refractivity contribution in [2.24, 2.45) is 0 Å². The summed E-state index contributed by atoms with van der Waals surface area (Å²) in [6.45, 7) is 1.08.